The third kappa shape index (κ3) is 29.9. The molecule has 1 aliphatic rings. The maximum atomic E-state index is 12.9. The standard InChI is InChI=1S/C41H66BrN3O16/c42-25-33(46)6-3-1-2-5-31(40(54)55)23-34(47)27-60-21-19-59-18-16-44-38(51)28-61-22-20-58-17-15-43-37(50)14-13-32(41(56)57)24-35(48)30-11-9-29(10-12-30)26-45-36(49)7-4-8-39(52)53/h29-32H,1-28H2,(H,43,50)(H,44,51)(H,45,49)(H,52,53)(H,54,55)(H,56,57)/t29?,30?,31-,32-/m1/s1. The van der Waals surface area contributed by atoms with E-state index in [1.165, 1.54) is 0 Å². The molecule has 0 unspecified atom stereocenters. The minimum absolute atomic E-state index is 0.0137. The van der Waals surface area contributed by atoms with E-state index in [0.717, 1.165) is 6.42 Å². The Bertz CT molecular complexity index is 1370. The lowest BCUT2D eigenvalue weighted by molar-refractivity contribution is -0.145. The van der Waals surface area contributed by atoms with Gasteiger partial charge in [-0.05, 0) is 57.3 Å². The van der Waals surface area contributed by atoms with E-state index in [2.05, 4.69) is 31.9 Å². The molecule has 0 aromatic heterocycles. The van der Waals surface area contributed by atoms with Gasteiger partial charge in [0.2, 0.25) is 17.7 Å². The number of carboxylic acids is 3. The average molecular weight is 937 g/mol. The molecule has 0 aliphatic heterocycles. The summed E-state index contributed by atoms with van der Waals surface area (Å²) in [5, 5.41) is 36.2. The molecule has 61 heavy (non-hydrogen) atoms. The Morgan fingerprint density at radius 2 is 1.11 bits per heavy atom. The molecule has 3 amide bonds. The van der Waals surface area contributed by atoms with Crippen LogP contribution in [-0.2, 0) is 62.1 Å². The second-order valence-electron chi connectivity index (χ2n) is 15.1. The zero-order valence-corrected chi connectivity index (χ0v) is 36.7. The van der Waals surface area contributed by atoms with Gasteiger partial charge in [-0.15, -0.1) is 0 Å². The molecule has 0 heterocycles. The van der Waals surface area contributed by atoms with Crippen LogP contribution in [0, 0.1) is 23.7 Å². The maximum Gasteiger partial charge on any atom is 0.306 e. The first-order valence-electron chi connectivity index (χ1n) is 21.1. The van der Waals surface area contributed by atoms with Crippen LogP contribution < -0.4 is 16.0 Å². The van der Waals surface area contributed by atoms with Gasteiger partial charge < -0.3 is 50.2 Å². The number of hydrogen-bond donors (Lipinski definition) is 6. The number of carbonyl (C=O) groups excluding carboxylic acids is 6. The lowest BCUT2D eigenvalue weighted by atomic mass is 9.78. The van der Waals surface area contributed by atoms with Crippen molar-refractivity contribution < 1.29 is 77.4 Å². The van der Waals surface area contributed by atoms with E-state index >= 15 is 0 Å². The van der Waals surface area contributed by atoms with Gasteiger partial charge in [0, 0.05) is 64.1 Å². The molecule has 0 aromatic rings. The van der Waals surface area contributed by atoms with Crippen LogP contribution in [0.5, 0.6) is 0 Å². The van der Waals surface area contributed by atoms with Gasteiger partial charge in [0.25, 0.3) is 0 Å². The zero-order valence-electron chi connectivity index (χ0n) is 35.1. The maximum absolute atomic E-state index is 12.9. The largest absolute Gasteiger partial charge is 0.481 e. The number of Topliss-reactive ketones (excluding diaryl/α,β-unsaturated/α-hetero) is 3. The minimum atomic E-state index is -1.13. The van der Waals surface area contributed by atoms with Gasteiger partial charge in [-0.1, -0.05) is 28.8 Å². The summed E-state index contributed by atoms with van der Waals surface area (Å²) in [4.78, 5) is 106. The second-order valence-corrected chi connectivity index (χ2v) is 15.7. The molecule has 20 heteroatoms. The molecular formula is C41H66BrN3O16. The highest BCUT2D eigenvalue weighted by atomic mass is 79.9. The Kier molecular flexibility index (Phi) is 31.4. The van der Waals surface area contributed by atoms with Crippen LogP contribution in [0.4, 0.5) is 0 Å². The molecule has 1 rings (SSSR count). The van der Waals surface area contributed by atoms with E-state index < -0.39 is 29.7 Å². The van der Waals surface area contributed by atoms with E-state index in [9.17, 15) is 53.4 Å². The van der Waals surface area contributed by atoms with Crippen molar-refractivity contribution in [2.24, 2.45) is 23.7 Å². The van der Waals surface area contributed by atoms with Gasteiger partial charge in [-0.2, -0.15) is 0 Å². The van der Waals surface area contributed by atoms with Crippen LogP contribution in [0.25, 0.3) is 0 Å². The Balaban J connectivity index is 2.04. The summed E-state index contributed by atoms with van der Waals surface area (Å²) in [6.07, 6.45) is 5.46. The zero-order chi connectivity index (χ0) is 45.3. The fourth-order valence-electron chi connectivity index (χ4n) is 6.52. The number of ether oxygens (including phenoxy) is 4. The van der Waals surface area contributed by atoms with Crippen LogP contribution >= 0.6 is 15.9 Å². The summed E-state index contributed by atoms with van der Waals surface area (Å²) in [5.74, 6) is -6.23. The van der Waals surface area contributed by atoms with Gasteiger partial charge in [-0.25, -0.2) is 0 Å². The molecule has 0 radical (unpaired) electrons. The fourth-order valence-corrected chi connectivity index (χ4v) is 6.80. The summed E-state index contributed by atoms with van der Waals surface area (Å²) >= 11 is 3.10. The number of nitrogens with one attached hydrogen (secondary N) is 3. The SMILES string of the molecule is O=C(O)CCCC(=O)NCC1CCC(C(=O)C[C@@H](CCC(=O)NCCOCCOCC(=O)NCCOCCOCC(=O)C[C@@H](CCCCCC(=O)CBr)C(=O)O)C(=O)O)CC1. The first kappa shape index (κ1) is 55.2. The summed E-state index contributed by atoms with van der Waals surface area (Å²) in [5.41, 5.74) is 0. The van der Waals surface area contributed by atoms with Gasteiger partial charge in [0.05, 0.1) is 56.8 Å². The highest BCUT2D eigenvalue weighted by Gasteiger charge is 2.30. The van der Waals surface area contributed by atoms with Crippen molar-refractivity contribution in [3.63, 3.8) is 0 Å². The predicted molar refractivity (Wildman–Crippen MR) is 222 cm³/mol. The third-order valence-electron chi connectivity index (χ3n) is 10.1. The van der Waals surface area contributed by atoms with Crippen molar-refractivity contribution in [1.82, 2.24) is 16.0 Å². The molecule has 0 bridgehead atoms. The van der Waals surface area contributed by atoms with Gasteiger partial charge in [-0.3, -0.25) is 43.2 Å². The summed E-state index contributed by atoms with van der Waals surface area (Å²) < 4.78 is 21.3. The predicted octanol–water partition coefficient (Wildman–Crippen LogP) is 2.48. The molecule has 1 aliphatic carbocycles. The number of aliphatic carboxylic acids is 3. The van der Waals surface area contributed by atoms with E-state index in [-0.39, 0.29) is 158 Å². The Morgan fingerprint density at radius 1 is 0.541 bits per heavy atom. The average Bonchev–Trinajstić information content (AvgIpc) is 3.22. The van der Waals surface area contributed by atoms with Gasteiger partial charge >= 0.3 is 17.9 Å². The molecule has 348 valence electrons. The number of amides is 3. The van der Waals surface area contributed by atoms with E-state index in [4.69, 9.17) is 24.1 Å². The summed E-state index contributed by atoms with van der Waals surface area (Å²) in [6.45, 7) is 1.38. The van der Waals surface area contributed by atoms with Gasteiger partial charge in [0.1, 0.15) is 24.8 Å². The number of unbranched alkanes of at least 4 members (excludes halogenated alkanes) is 2. The van der Waals surface area contributed by atoms with Crippen LogP contribution in [0.1, 0.15) is 103 Å². The van der Waals surface area contributed by atoms with Crippen molar-refractivity contribution >= 4 is 68.9 Å². The Morgan fingerprint density at radius 3 is 1.72 bits per heavy atom. The van der Waals surface area contributed by atoms with Crippen LogP contribution in [0.2, 0.25) is 0 Å². The molecule has 19 nitrogen and oxygen atoms in total. The number of carboxylic acid groups (broad SMARTS) is 3. The number of alkyl halides is 1. The van der Waals surface area contributed by atoms with E-state index in [1.54, 1.807) is 0 Å². The monoisotopic (exact) mass is 935 g/mol. The Hall–Kier alpha value is -3.85. The normalized spacial score (nSPS) is 15.9. The van der Waals surface area contributed by atoms with Crippen molar-refractivity contribution in [1.29, 1.82) is 0 Å². The number of carbonyl (C=O) groups is 9. The van der Waals surface area contributed by atoms with Crippen LogP contribution in [0.15, 0.2) is 0 Å². The van der Waals surface area contributed by atoms with E-state index in [0.29, 0.717) is 63.2 Å². The molecule has 2 atom stereocenters. The van der Waals surface area contributed by atoms with Crippen molar-refractivity contribution in [2.45, 2.75) is 103 Å². The molecule has 1 saturated carbocycles. The Labute approximate surface area is 365 Å². The number of ketones is 3. The van der Waals surface area contributed by atoms with Crippen LogP contribution in [-0.4, -0.2) is 146 Å². The molecule has 6 N–H and O–H groups in total. The summed E-state index contributed by atoms with van der Waals surface area (Å²) in [7, 11) is 0. The number of hydrogen-bond acceptors (Lipinski definition) is 13. The molecule has 0 spiro atoms. The topological polar surface area (TPSA) is 287 Å². The minimum Gasteiger partial charge on any atom is -0.481 e. The molecule has 0 aromatic carbocycles. The first-order chi connectivity index (χ1) is 29.2. The summed E-state index contributed by atoms with van der Waals surface area (Å²) in [6, 6.07) is 0. The quantitative estimate of drug-likeness (QED) is 0.0381. The molecular weight excluding hydrogens is 870 g/mol. The third-order valence-corrected chi connectivity index (χ3v) is 10.7. The number of rotatable bonds is 39. The van der Waals surface area contributed by atoms with Crippen molar-refractivity contribution in [3.05, 3.63) is 0 Å². The van der Waals surface area contributed by atoms with Crippen LogP contribution in [0.3, 0.4) is 0 Å². The lowest BCUT2D eigenvalue weighted by Gasteiger charge is -2.28. The molecule has 0 saturated heterocycles. The first-order valence-corrected chi connectivity index (χ1v) is 22.2. The highest BCUT2D eigenvalue weighted by molar-refractivity contribution is 9.09. The lowest BCUT2D eigenvalue weighted by Crippen LogP contribution is -2.33. The fraction of sp³-hybridized carbons (Fsp3) is 0.780. The smallest absolute Gasteiger partial charge is 0.306 e. The van der Waals surface area contributed by atoms with E-state index in [1.807, 2.05) is 0 Å². The molecule has 1 fully saturated rings. The van der Waals surface area contributed by atoms with Crippen molar-refractivity contribution in [3.8, 4) is 0 Å². The number of halogens is 1. The van der Waals surface area contributed by atoms with Gasteiger partial charge in [0.15, 0.2) is 5.78 Å². The highest BCUT2D eigenvalue weighted by Crippen LogP contribution is 2.31. The second kappa shape index (κ2) is 34.7. The van der Waals surface area contributed by atoms with Crippen molar-refractivity contribution in [2.75, 3.05) is 77.8 Å².